The molecule has 2 N–H and O–H groups in total. The molecule has 1 aromatic carbocycles. The summed E-state index contributed by atoms with van der Waals surface area (Å²) in [5.74, 6) is 1.39. The summed E-state index contributed by atoms with van der Waals surface area (Å²) in [7, 11) is 0. The van der Waals surface area contributed by atoms with Gasteiger partial charge in [-0.15, -0.1) is 0 Å². The van der Waals surface area contributed by atoms with Gasteiger partial charge in [0.2, 0.25) is 0 Å². The normalized spacial score (nSPS) is 29.5. The van der Waals surface area contributed by atoms with E-state index in [9.17, 15) is 15.0 Å². The van der Waals surface area contributed by atoms with Crippen molar-refractivity contribution in [1.82, 2.24) is 0 Å². The van der Waals surface area contributed by atoms with Gasteiger partial charge in [-0.2, -0.15) is 0 Å². The highest BCUT2D eigenvalue weighted by Gasteiger charge is 2.50. The Morgan fingerprint density at radius 2 is 2.00 bits per heavy atom. The van der Waals surface area contributed by atoms with E-state index in [0.29, 0.717) is 28.9 Å². The number of ether oxygens (including phenoxy) is 2. The van der Waals surface area contributed by atoms with Crippen LogP contribution < -0.4 is 14.9 Å². The molecule has 150 valence electrons. The fourth-order valence-electron chi connectivity index (χ4n) is 5.20. The zero-order valence-corrected chi connectivity index (χ0v) is 16.1. The van der Waals surface area contributed by atoms with Gasteiger partial charge in [-0.3, -0.25) is 4.79 Å². The van der Waals surface area contributed by atoms with Gasteiger partial charge in [-0.1, -0.05) is 0 Å². The van der Waals surface area contributed by atoms with E-state index < -0.39 is 5.60 Å². The molecule has 6 heteroatoms. The van der Waals surface area contributed by atoms with Crippen molar-refractivity contribution >= 4 is 11.0 Å². The van der Waals surface area contributed by atoms with E-state index in [2.05, 4.69) is 0 Å². The lowest BCUT2D eigenvalue weighted by Gasteiger charge is -2.37. The van der Waals surface area contributed by atoms with Crippen molar-refractivity contribution in [2.45, 2.75) is 82.2 Å². The summed E-state index contributed by atoms with van der Waals surface area (Å²) in [5.41, 5.74) is 0.119. The Balaban J connectivity index is 1.73. The van der Waals surface area contributed by atoms with Crippen LogP contribution in [0.3, 0.4) is 0 Å². The fourth-order valence-corrected chi connectivity index (χ4v) is 5.20. The zero-order valence-electron chi connectivity index (χ0n) is 16.1. The first-order valence-corrected chi connectivity index (χ1v) is 10.3. The lowest BCUT2D eigenvalue weighted by molar-refractivity contribution is -0.0725. The average Bonchev–Trinajstić information content (AvgIpc) is 3.29. The Hall–Kier alpha value is -2.05. The molecule has 1 aromatic heterocycles. The average molecular weight is 386 g/mol. The Morgan fingerprint density at radius 3 is 2.75 bits per heavy atom. The van der Waals surface area contributed by atoms with Crippen LogP contribution in [0.1, 0.15) is 69.1 Å². The first-order valence-electron chi connectivity index (χ1n) is 10.3. The summed E-state index contributed by atoms with van der Waals surface area (Å²) in [4.78, 5) is 12.9. The molecule has 6 nitrogen and oxygen atoms in total. The molecule has 0 amide bonds. The molecule has 0 unspecified atom stereocenters. The third-order valence-corrected chi connectivity index (χ3v) is 6.57. The van der Waals surface area contributed by atoms with Crippen molar-refractivity contribution < 1.29 is 24.1 Å². The highest BCUT2D eigenvalue weighted by Crippen LogP contribution is 2.54. The molecule has 0 bridgehead atoms. The fraction of sp³-hybridized carbons (Fsp3) is 0.591. The van der Waals surface area contributed by atoms with Gasteiger partial charge in [0.05, 0.1) is 11.7 Å². The Labute approximate surface area is 163 Å². The van der Waals surface area contributed by atoms with E-state index in [4.69, 9.17) is 13.9 Å². The van der Waals surface area contributed by atoms with Crippen molar-refractivity contribution in [3.8, 4) is 11.5 Å². The number of aliphatic hydroxyl groups excluding tert-OH is 1. The van der Waals surface area contributed by atoms with E-state index in [1.54, 1.807) is 6.07 Å². The molecule has 1 aliphatic heterocycles. The summed E-state index contributed by atoms with van der Waals surface area (Å²) in [6.07, 6.45) is 6.38. The first-order chi connectivity index (χ1) is 13.5. The molecule has 2 aliphatic carbocycles. The molecule has 5 rings (SSSR count). The van der Waals surface area contributed by atoms with Crippen molar-refractivity contribution in [3.05, 3.63) is 33.7 Å². The predicted octanol–water partition coefficient (Wildman–Crippen LogP) is 3.39. The maximum atomic E-state index is 12.9. The second-order valence-corrected chi connectivity index (χ2v) is 8.64. The van der Waals surface area contributed by atoms with Crippen molar-refractivity contribution in [3.63, 3.8) is 0 Å². The van der Waals surface area contributed by atoms with Crippen molar-refractivity contribution in [1.29, 1.82) is 0 Å². The van der Waals surface area contributed by atoms with Gasteiger partial charge >= 0.3 is 0 Å². The molecule has 28 heavy (non-hydrogen) atoms. The number of hydrogen-bond acceptors (Lipinski definition) is 6. The minimum atomic E-state index is -0.924. The molecule has 0 spiro atoms. The molecule has 2 heterocycles. The highest BCUT2D eigenvalue weighted by molar-refractivity contribution is 5.88. The third-order valence-electron chi connectivity index (χ3n) is 6.57. The Morgan fingerprint density at radius 1 is 1.21 bits per heavy atom. The van der Waals surface area contributed by atoms with Gasteiger partial charge in [0.25, 0.3) is 0 Å². The van der Waals surface area contributed by atoms with E-state index in [1.807, 2.05) is 6.92 Å². The number of rotatable bonds is 3. The number of hydrogen-bond donors (Lipinski definition) is 2. The summed E-state index contributed by atoms with van der Waals surface area (Å²) in [6.45, 7) is 1.47. The molecular weight excluding hydrogens is 360 g/mol. The van der Waals surface area contributed by atoms with E-state index in [0.717, 1.165) is 44.1 Å². The SMILES string of the molecule is C[C@]1(O)CCC[C@H]2c3c(cc4oc(CO)cc(=O)c4c3OC3CCCC3)O[C@@H]21. The minimum absolute atomic E-state index is 0.00327. The number of benzene rings is 1. The molecule has 2 saturated carbocycles. The highest BCUT2D eigenvalue weighted by atomic mass is 16.5. The Kier molecular flexibility index (Phi) is 4.18. The lowest BCUT2D eigenvalue weighted by Crippen LogP contribution is -2.47. The van der Waals surface area contributed by atoms with Crippen LogP contribution in [-0.2, 0) is 6.61 Å². The molecule has 0 radical (unpaired) electrons. The predicted molar refractivity (Wildman–Crippen MR) is 103 cm³/mol. The largest absolute Gasteiger partial charge is 0.489 e. The first kappa shape index (κ1) is 18.0. The topological polar surface area (TPSA) is 89.1 Å². The zero-order chi connectivity index (χ0) is 19.5. The number of fused-ring (bicyclic) bond motifs is 4. The monoisotopic (exact) mass is 386 g/mol. The van der Waals surface area contributed by atoms with Crippen LogP contribution in [0.15, 0.2) is 21.3 Å². The summed E-state index contributed by atoms with van der Waals surface area (Å²) < 4.78 is 18.4. The van der Waals surface area contributed by atoms with Crippen LogP contribution in [-0.4, -0.2) is 28.0 Å². The smallest absolute Gasteiger partial charge is 0.196 e. The van der Waals surface area contributed by atoms with Gasteiger partial charge in [0, 0.05) is 23.6 Å². The van der Waals surface area contributed by atoms with E-state index >= 15 is 0 Å². The number of aliphatic hydroxyl groups is 2. The van der Waals surface area contributed by atoms with Crippen molar-refractivity contribution in [2.75, 3.05) is 0 Å². The van der Waals surface area contributed by atoms with Gasteiger partial charge in [-0.25, -0.2) is 0 Å². The van der Waals surface area contributed by atoms with Gasteiger partial charge in [0.1, 0.15) is 40.9 Å². The second-order valence-electron chi connectivity index (χ2n) is 8.64. The van der Waals surface area contributed by atoms with Crippen LogP contribution >= 0.6 is 0 Å². The maximum absolute atomic E-state index is 12.9. The molecular formula is C22H26O6. The quantitative estimate of drug-likeness (QED) is 0.841. The van der Waals surface area contributed by atoms with Crippen LogP contribution in [0, 0.1) is 0 Å². The van der Waals surface area contributed by atoms with Crippen LogP contribution in [0.2, 0.25) is 0 Å². The van der Waals surface area contributed by atoms with E-state index in [-0.39, 0.29) is 35.9 Å². The van der Waals surface area contributed by atoms with Crippen LogP contribution in [0.25, 0.3) is 11.0 Å². The Bertz CT molecular complexity index is 969. The molecule has 2 fully saturated rings. The summed E-state index contributed by atoms with van der Waals surface area (Å²) in [6, 6.07) is 3.06. The van der Waals surface area contributed by atoms with Gasteiger partial charge < -0.3 is 24.1 Å². The summed E-state index contributed by atoms with van der Waals surface area (Å²) >= 11 is 0. The minimum Gasteiger partial charge on any atom is -0.489 e. The summed E-state index contributed by atoms with van der Waals surface area (Å²) in [5, 5.41) is 20.7. The van der Waals surface area contributed by atoms with Crippen LogP contribution in [0.4, 0.5) is 0 Å². The second kappa shape index (κ2) is 6.49. The van der Waals surface area contributed by atoms with Gasteiger partial charge in [-0.05, 0) is 51.9 Å². The van der Waals surface area contributed by atoms with Crippen molar-refractivity contribution in [2.24, 2.45) is 0 Å². The molecule has 0 saturated heterocycles. The maximum Gasteiger partial charge on any atom is 0.196 e. The van der Waals surface area contributed by atoms with Crippen LogP contribution in [0.5, 0.6) is 11.5 Å². The van der Waals surface area contributed by atoms with Gasteiger partial charge in [0.15, 0.2) is 5.43 Å². The van der Waals surface area contributed by atoms with E-state index in [1.165, 1.54) is 6.07 Å². The molecule has 2 aromatic rings. The molecule has 3 aliphatic rings. The standard InChI is InChI=1S/C22H26O6/c1-22(25)8-4-7-14-18-16(28-21(14)22)10-17-19(15(24)9-13(11-23)26-17)20(18)27-12-5-2-3-6-12/h9-10,12,14,21,23,25H,2-8,11H2,1H3/t14-,21-,22-/m0/s1. The lowest BCUT2D eigenvalue weighted by atomic mass is 9.74. The third kappa shape index (κ3) is 2.73. The molecule has 3 atom stereocenters.